The summed E-state index contributed by atoms with van der Waals surface area (Å²) >= 11 is 6.07. The number of nitrogens with zero attached hydrogens (tertiary/aromatic N) is 2. The third-order valence-corrected chi connectivity index (χ3v) is 5.91. The van der Waals surface area contributed by atoms with E-state index in [1.165, 1.54) is 13.0 Å². The fourth-order valence-corrected chi connectivity index (χ4v) is 4.32. The molecule has 0 bridgehead atoms. The number of urea groups is 1. The minimum absolute atomic E-state index is 0.00524. The second kappa shape index (κ2) is 7.99. The minimum Gasteiger partial charge on any atom is -0.336 e. The SMILES string of the molecule is CC1(c2ccc(F)cc2Cl)NC(=O)N(CC(=O)NC2(C#N)CCCCCC2)C1=O. The van der Waals surface area contributed by atoms with Crippen molar-refractivity contribution in [2.75, 3.05) is 6.54 Å². The Labute approximate surface area is 173 Å². The van der Waals surface area contributed by atoms with Gasteiger partial charge in [0.1, 0.15) is 23.4 Å². The predicted octanol–water partition coefficient (Wildman–Crippen LogP) is 2.98. The lowest BCUT2D eigenvalue weighted by molar-refractivity contribution is -0.135. The van der Waals surface area contributed by atoms with E-state index in [9.17, 15) is 24.0 Å². The first-order chi connectivity index (χ1) is 13.7. The van der Waals surface area contributed by atoms with Gasteiger partial charge in [-0.2, -0.15) is 5.26 Å². The molecule has 1 aliphatic heterocycles. The average Bonchev–Trinajstić information content (AvgIpc) is 2.83. The van der Waals surface area contributed by atoms with Crippen LogP contribution < -0.4 is 10.6 Å². The Morgan fingerprint density at radius 1 is 1.31 bits per heavy atom. The van der Waals surface area contributed by atoms with Gasteiger partial charge in [0.05, 0.1) is 6.07 Å². The second-order valence-corrected chi connectivity index (χ2v) is 8.13. The van der Waals surface area contributed by atoms with E-state index < -0.39 is 41.3 Å². The number of nitriles is 1. The Kier molecular flexibility index (Phi) is 5.80. The van der Waals surface area contributed by atoms with Crippen molar-refractivity contribution in [1.29, 1.82) is 5.26 Å². The molecule has 0 aromatic heterocycles. The number of halogens is 2. The van der Waals surface area contributed by atoms with E-state index in [4.69, 9.17) is 11.6 Å². The van der Waals surface area contributed by atoms with Crippen molar-refractivity contribution < 1.29 is 18.8 Å². The standard InChI is InChI=1S/C20H22ClFN4O3/c1-19(14-7-6-13(22)10-15(14)21)17(28)26(18(29)25-19)11-16(27)24-20(12-23)8-4-2-3-5-9-20/h6-7,10H,2-5,8-9,11H2,1H3,(H,24,27)(H,25,29). The van der Waals surface area contributed by atoms with Gasteiger partial charge >= 0.3 is 6.03 Å². The average molecular weight is 421 g/mol. The van der Waals surface area contributed by atoms with Crippen LogP contribution >= 0.6 is 11.6 Å². The van der Waals surface area contributed by atoms with Gasteiger partial charge in [-0.25, -0.2) is 9.18 Å². The number of hydrogen-bond acceptors (Lipinski definition) is 4. The van der Waals surface area contributed by atoms with E-state index in [-0.39, 0.29) is 10.6 Å². The fourth-order valence-electron chi connectivity index (χ4n) is 3.96. The molecule has 1 heterocycles. The van der Waals surface area contributed by atoms with Crippen LogP contribution in [0, 0.1) is 17.1 Å². The molecule has 29 heavy (non-hydrogen) atoms. The summed E-state index contributed by atoms with van der Waals surface area (Å²) in [5.41, 5.74) is -2.26. The molecule has 1 unspecified atom stereocenters. The van der Waals surface area contributed by atoms with E-state index >= 15 is 0 Å². The Morgan fingerprint density at radius 2 is 1.97 bits per heavy atom. The van der Waals surface area contributed by atoms with Gasteiger partial charge in [-0.1, -0.05) is 43.4 Å². The molecule has 1 atom stereocenters. The number of hydrogen-bond donors (Lipinski definition) is 2. The fraction of sp³-hybridized carbons (Fsp3) is 0.500. The molecular formula is C20H22ClFN4O3. The summed E-state index contributed by atoms with van der Waals surface area (Å²) in [7, 11) is 0. The largest absolute Gasteiger partial charge is 0.336 e. The molecule has 2 aliphatic rings. The van der Waals surface area contributed by atoms with E-state index in [0.717, 1.165) is 42.7 Å². The molecule has 1 aliphatic carbocycles. The first-order valence-electron chi connectivity index (χ1n) is 9.53. The lowest BCUT2D eigenvalue weighted by Gasteiger charge is -2.27. The first kappa shape index (κ1) is 21.1. The number of carbonyl (C=O) groups is 3. The highest BCUT2D eigenvalue weighted by Gasteiger charge is 2.50. The van der Waals surface area contributed by atoms with E-state index in [2.05, 4.69) is 16.7 Å². The molecule has 2 N–H and O–H groups in total. The topological polar surface area (TPSA) is 102 Å². The zero-order chi connectivity index (χ0) is 21.2. The number of benzene rings is 1. The smallest absolute Gasteiger partial charge is 0.325 e. The van der Waals surface area contributed by atoms with Crippen LogP contribution in [-0.4, -0.2) is 34.8 Å². The number of rotatable bonds is 4. The molecule has 1 aromatic rings. The Hall–Kier alpha value is -2.66. The van der Waals surface area contributed by atoms with Gasteiger partial charge in [-0.15, -0.1) is 0 Å². The van der Waals surface area contributed by atoms with Gasteiger partial charge < -0.3 is 10.6 Å². The van der Waals surface area contributed by atoms with Crippen LogP contribution in [0.25, 0.3) is 0 Å². The molecule has 4 amide bonds. The summed E-state index contributed by atoms with van der Waals surface area (Å²) < 4.78 is 13.4. The van der Waals surface area contributed by atoms with Crippen LogP contribution in [0.4, 0.5) is 9.18 Å². The molecule has 154 valence electrons. The molecule has 1 saturated heterocycles. The number of carbonyl (C=O) groups excluding carboxylic acids is 3. The number of imide groups is 1. The molecule has 0 radical (unpaired) electrons. The third kappa shape index (κ3) is 4.06. The van der Waals surface area contributed by atoms with Crippen LogP contribution in [0.15, 0.2) is 18.2 Å². The van der Waals surface area contributed by atoms with Crippen LogP contribution in [-0.2, 0) is 15.1 Å². The zero-order valence-corrected chi connectivity index (χ0v) is 16.8. The van der Waals surface area contributed by atoms with Crippen LogP contribution in [0.5, 0.6) is 0 Å². The maximum atomic E-state index is 13.4. The second-order valence-electron chi connectivity index (χ2n) is 7.73. The zero-order valence-electron chi connectivity index (χ0n) is 16.1. The number of nitrogens with one attached hydrogen (secondary N) is 2. The summed E-state index contributed by atoms with van der Waals surface area (Å²) in [4.78, 5) is 38.7. The predicted molar refractivity (Wildman–Crippen MR) is 103 cm³/mol. The van der Waals surface area contributed by atoms with Crippen molar-refractivity contribution >= 4 is 29.4 Å². The third-order valence-electron chi connectivity index (χ3n) is 5.60. The van der Waals surface area contributed by atoms with E-state index in [1.807, 2.05) is 0 Å². The Morgan fingerprint density at radius 3 is 2.55 bits per heavy atom. The summed E-state index contributed by atoms with van der Waals surface area (Å²) in [6.07, 6.45) is 4.75. The normalized spacial score (nSPS) is 23.9. The van der Waals surface area contributed by atoms with Gasteiger partial charge in [-0.3, -0.25) is 14.5 Å². The molecule has 1 aromatic carbocycles. The monoisotopic (exact) mass is 420 g/mol. The van der Waals surface area contributed by atoms with Crippen LogP contribution in [0.1, 0.15) is 51.0 Å². The van der Waals surface area contributed by atoms with E-state index in [0.29, 0.717) is 12.8 Å². The summed E-state index contributed by atoms with van der Waals surface area (Å²) in [6, 6.07) is 4.98. The molecule has 3 rings (SSSR count). The van der Waals surface area contributed by atoms with Crippen molar-refractivity contribution in [1.82, 2.24) is 15.5 Å². The highest BCUT2D eigenvalue weighted by Crippen LogP contribution is 2.34. The molecule has 2 fully saturated rings. The van der Waals surface area contributed by atoms with Crippen LogP contribution in [0.3, 0.4) is 0 Å². The molecule has 9 heteroatoms. The summed E-state index contributed by atoms with van der Waals surface area (Å²) in [5.74, 6) is -1.81. The first-order valence-corrected chi connectivity index (χ1v) is 9.90. The van der Waals surface area contributed by atoms with Gasteiger partial charge in [0, 0.05) is 10.6 Å². The summed E-state index contributed by atoms with van der Waals surface area (Å²) in [5, 5.41) is 14.9. The maximum absolute atomic E-state index is 13.4. The van der Waals surface area contributed by atoms with Crippen LogP contribution in [0.2, 0.25) is 5.02 Å². The summed E-state index contributed by atoms with van der Waals surface area (Å²) in [6.45, 7) is 0.939. The Bertz CT molecular complexity index is 892. The maximum Gasteiger partial charge on any atom is 0.325 e. The molecule has 7 nitrogen and oxygen atoms in total. The van der Waals surface area contributed by atoms with Crippen molar-refractivity contribution in [2.45, 2.75) is 56.5 Å². The lowest BCUT2D eigenvalue weighted by Crippen LogP contribution is -2.51. The van der Waals surface area contributed by atoms with Crippen molar-refractivity contribution in [3.8, 4) is 6.07 Å². The molecule has 1 saturated carbocycles. The quantitative estimate of drug-likeness (QED) is 0.577. The highest BCUT2D eigenvalue weighted by molar-refractivity contribution is 6.32. The van der Waals surface area contributed by atoms with E-state index in [1.54, 1.807) is 0 Å². The molecule has 0 spiro atoms. The Balaban J connectivity index is 1.76. The lowest BCUT2D eigenvalue weighted by atomic mass is 9.91. The highest BCUT2D eigenvalue weighted by atomic mass is 35.5. The molecular weight excluding hydrogens is 399 g/mol. The van der Waals surface area contributed by atoms with Crippen molar-refractivity contribution in [3.05, 3.63) is 34.6 Å². The minimum atomic E-state index is -1.52. The van der Waals surface area contributed by atoms with Gasteiger partial charge in [0.15, 0.2) is 0 Å². The van der Waals surface area contributed by atoms with Gasteiger partial charge in [-0.05, 0) is 31.9 Å². The van der Waals surface area contributed by atoms with Crippen molar-refractivity contribution in [3.63, 3.8) is 0 Å². The number of amides is 4. The van der Waals surface area contributed by atoms with Crippen molar-refractivity contribution in [2.24, 2.45) is 0 Å². The van der Waals surface area contributed by atoms with Gasteiger partial charge in [0.25, 0.3) is 5.91 Å². The van der Waals surface area contributed by atoms with Gasteiger partial charge in [0.2, 0.25) is 5.91 Å².